The summed E-state index contributed by atoms with van der Waals surface area (Å²) in [5, 5.41) is 6.72. The van der Waals surface area contributed by atoms with Crippen LogP contribution in [-0.2, 0) is 16.0 Å². The zero-order valence-electron chi connectivity index (χ0n) is 16.1. The molecular weight excluding hydrogens is 340 g/mol. The van der Waals surface area contributed by atoms with Crippen LogP contribution in [0.2, 0.25) is 0 Å². The molecule has 1 unspecified atom stereocenters. The summed E-state index contributed by atoms with van der Waals surface area (Å²) in [5.74, 6) is 3.00. The summed E-state index contributed by atoms with van der Waals surface area (Å²) in [6.07, 6.45) is 11.5. The highest BCUT2D eigenvalue weighted by Gasteiger charge is 2.23. The third-order valence-corrected chi connectivity index (χ3v) is 5.52. The van der Waals surface area contributed by atoms with Gasteiger partial charge in [0.15, 0.2) is 0 Å². The molecule has 4 rings (SSSR count). The van der Waals surface area contributed by atoms with Crippen LogP contribution in [0.5, 0.6) is 5.75 Å². The summed E-state index contributed by atoms with van der Waals surface area (Å²) in [7, 11) is 3.42. The van der Waals surface area contributed by atoms with E-state index in [0.29, 0.717) is 0 Å². The molecule has 3 aliphatic rings. The summed E-state index contributed by atoms with van der Waals surface area (Å²) >= 11 is 0. The number of nitrogens with one attached hydrogen (secondary N) is 2. The SMILES string of the molecule is COC1=CC(c2cc3c(c(OC4CCNCC4)c2)CNC=C3)CC(OC)=C1. The second-order valence-electron chi connectivity index (χ2n) is 7.27. The first kappa shape index (κ1) is 18.0. The van der Waals surface area contributed by atoms with E-state index in [9.17, 15) is 0 Å². The Kier molecular flexibility index (Phi) is 5.39. The van der Waals surface area contributed by atoms with Crippen LogP contribution in [0.3, 0.4) is 0 Å². The molecule has 0 saturated carbocycles. The third kappa shape index (κ3) is 3.98. The molecule has 1 aromatic rings. The molecular formula is C22H28N2O3. The number of fused-ring (bicyclic) bond motifs is 1. The minimum Gasteiger partial charge on any atom is -0.501 e. The van der Waals surface area contributed by atoms with E-state index in [1.54, 1.807) is 14.2 Å². The molecule has 0 radical (unpaired) electrons. The van der Waals surface area contributed by atoms with Crippen molar-refractivity contribution in [3.8, 4) is 5.75 Å². The fraction of sp³-hybridized carbons (Fsp3) is 0.455. The molecule has 144 valence electrons. The Bertz CT molecular complexity index is 776. The van der Waals surface area contributed by atoms with Crippen LogP contribution in [0.1, 0.15) is 41.9 Å². The van der Waals surface area contributed by atoms with Crippen molar-refractivity contribution in [1.29, 1.82) is 0 Å². The fourth-order valence-electron chi connectivity index (χ4n) is 3.97. The molecule has 1 aromatic carbocycles. The van der Waals surface area contributed by atoms with Gasteiger partial charge in [-0.2, -0.15) is 0 Å². The number of methoxy groups -OCH3 is 2. The van der Waals surface area contributed by atoms with E-state index >= 15 is 0 Å². The smallest absolute Gasteiger partial charge is 0.125 e. The molecule has 5 heteroatoms. The van der Waals surface area contributed by atoms with Crippen molar-refractivity contribution in [1.82, 2.24) is 10.6 Å². The minimum atomic E-state index is 0.212. The first-order valence-electron chi connectivity index (χ1n) is 9.71. The van der Waals surface area contributed by atoms with Gasteiger partial charge in [0.05, 0.1) is 14.2 Å². The van der Waals surface area contributed by atoms with Crippen molar-refractivity contribution in [3.63, 3.8) is 0 Å². The fourth-order valence-corrected chi connectivity index (χ4v) is 3.97. The minimum absolute atomic E-state index is 0.212. The van der Waals surface area contributed by atoms with Gasteiger partial charge in [-0.25, -0.2) is 0 Å². The molecule has 2 heterocycles. The number of ether oxygens (including phenoxy) is 3. The maximum absolute atomic E-state index is 6.48. The Morgan fingerprint density at radius 3 is 2.70 bits per heavy atom. The van der Waals surface area contributed by atoms with Gasteiger partial charge >= 0.3 is 0 Å². The second-order valence-corrected chi connectivity index (χ2v) is 7.27. The molecule has 1 atom stereocenters. The molecule has 0 amide bonds. The standard InChI is InChI=1S/C22H28N2O3/c1-25-19-10-17(11-20(13-19)26-2)16-9-15-3-6-24-14-21(15)22(12-16)27-18-4-7-23-8-5-18/h3,6,9-10,12-13,17-18,23-24H,4-5,7-8,11,14H2,1-2H3. The van der Waals surface area contributed by atoms with E-state index in [1.807, 2.05) is 12.3 Å². The molecule has 1 aliphatic carbocycles. The molecule has 2 N–H and O–H groups in total. The highest BCUT2D eigenvalue weighted by atomic mass is 16.5. The van der Waals surface area contributed by atoms with Crippen LogP contribution in [0, 0.1) is 0 Å². The second kappa shape index (κ2) is 8.09. The zero-order valence-corrected chi connectivity index (χ0v) is 16.1. The highest BCUT2D eigenvalue weighted by molar-refractivity contribution is 5.62. The monoisotopic (exact) mass is 368 g/mol. The van der Waals surface area contributed by atoms with Crippen LogP contribution in [0.15, 0.2) is 42.0 Å². The van der Waals surface area contributed by atoms with Crippen LogP contribution in [0.25, 0.3) is 6.08 Å². The molecule has 5 nitrogen and oxygen atoms in total. The predicted molar refractivity (Wildman–Crippen MR) is 106 cm³/mol. The van der Waals surface area contributed by atoms with E-state index < -0.39 is 0 Å². The van der Waals surface area contributed by atoms with Gasteiger partial charge in [-0.3, -0.25) is 0 Å². The van der Waals surface area contributed by atoms with Gasteiger partial charge < -0.3 is 24.8 Å². The molecule has 1 fully saturated rings. The van der Waals surface area contributed by atoms with Crippen molar-refractivity contribution in [2.75, 3.05) is 27.3 Å². The number of hydrogen-bond donors (Lipinski definition) is 2. The van der Waals surface area contributed by atoms with Gasteiger partial charge in [-0.05, 0) is 61.5 Å². The summed E-state index contributed by atoms with van der Waals surface area (Å²) in [4.78, 5) is 0. The maximum atomic E-state index is 6.48. The lowest BCUT2D eigenvalue weighted by Gasteiger charge is -2.28. The average Bonchev–Trinajstić information content (AvgIpc) is 2.74. The maximum Gasteiger partial charge on any atom is 0.125 e. The summed E-state index contributed by atoms with van der Waals surface area (Å²) in [6.45, 7) is 2.85. The topological polar surface area (TPSA) is 51.8 Å². The molecule has 0 bridgehead atoms. The van der Waals surface area contributed by atoms with Crippen molar-refractivity contribution in [2.24, 2.45) is 0 Å². The first-order valence-corrected chi connectivity index (χ1v) is 9.71. The number of benzene rings is 1. The van der Waals surface area contributed by atoms with Gasteiger partial charge in [0.25, 0.3) is 0 Å². The van der Waals surface area contributed by atoms with E-state index in [4.69, 9.17) is 14.2 Å². The lowest BCUT2D eigenvalue weighted by Crippen LogP contribution is -2.34. The lowest BCUT2D eigenvalue weighted by atomic mass is 9.88. The molecule has 0 aromatic heterocycles. The van der Waals surface area contributed by atoms with Crippen molar-refractivity contribution < 1.29 is 14.2 Å². The van der Waals surface area contributed by atoms with E-state index in [2.05, 4.69) is 34.9 Å². The lowest BCUT2D eigenvalue weighted by molar-refractivity contribution is 0.160. The van der Waals surface area contributed by atoms with Crippen LogP contribution in [-0.4, -0.2) is 33.4 Å². The van der Waals surface area contributed by atoms with Crippen molar-refractivity contribution >= 4 is 6.08 Å². The number of allylic oxidation sites excluding steroid dienone is 3. The predicted octanol–water partition coefficient (Wildman–Crippen LogP) is 3.44. The Labute approximate surface area is 161 Å². The van der Waals surface area contributed by atoms with Crippen LogP contribution >= 0.6 is 0 Å². The average molecular weight is 368 g/mol. The van der Waals surface area contributed by atoms with Gasteiger partial charge in [-0.15, -0.1) is 0 Å². The molecule has 0 spiro atoms. The van der Waals surface area contributed by atoms with Gasteiger partial charge in [0.1, 0.15) is 23.4 Å². The molecule has 27 heavy (non-hydrogen) atoms. The Morgan fingerprint density at radius 2 is 1.93 bits per heavy atom. The van der Waals surface area contributed by atoms with Crippen LogP contribution < -0.4 is 15.4 Å². The van der Waals surface area contributed by atoms with E-state index in [0.717, 1.165) is 56.2 Å². The number of rotatable bonds is 5. The summed E-state index contributed by atoms with van der Waals surface area (Å²) < 4.78 is 17.5. The summed E-state index contributed by atoms with van der Waals surface area (Å²) in [6, 6.07) is 4.49. The zero-order chi connectivity index (χ0) is 18.6. The number of piperidine rings is 1. The van der Waals surface area contributed by atoms with Gasteiger partial charge in [-0.1, -0.05) is 6.07 Å². The van der Waals surface area contributed by atoms with Crippen LogP contribution in [0.4, 0.5) is 0 Å². The quantitative estimate of drug-likeness (QED) is 0.834. The third-order valence-electron chi connectivity index (χ3n) is 5.52. The number of hydrogen-bond acceptors (Lipinski definition) is 5. The Morgan fingerprint density at radius 1 is 1.07 bits per heavy atom. The molecule has 2 aliphatic heterocycles. The van der Waals surface area contributed by atoms with E-state index in [1.165, 1.54) is 16.7 Å². The largest absolute Gasteiger partial charge is 0.501 e. The summed E-state index contributed by atoms with van der Waals surface area (Å²) in [5.41, 5.74) is 3.71. The van der Waals surface area contributed by atoms with Gasteiger partial charge in [0.2, 0.25) is 0 Å². The normalized spacial score (nSPS) is 22.2. The van der Waals surface area contributed by atoms with Crippen molar-refractivity contribution in [3.05, 3.63) is 58.7 Å². The Balaban J connectivity index is 1.67. The highest BCUT2D eigenvalue weighted by Crippen LogP contribution is 2.37. The van der Waals surface area contributed by atoms with Crippen molar-refractivity contribution in [2.45, 2.75) is 37.8 Å². The Hall–Kier alpha value is -2.40. The van der Waals surface area contributed by atoms with E-state index in [-0.39, 0.29) is 12.0 Å². The molecule has 1 saturated heterocycles. The van der Waals surface area contributed by atoms with Gasteiger partial charge in [0, 0.05) is 30.5 Å². The first-order chi connectivity index (χ1) is 13.3.